The van der Waals surface area contributed by atoms with E-state index < -0.39 is 0 Å². The Morgan fingerprint density at radius 2 is 2.05 bits per heavy atom. The highest BCUT2D eigenvalue weighted by Gasteiger charge is 2.24. The van der Waals surface area contributed by atoms with Gasteiger partial charge in [-0.1, -0.05) is 19.1 Å². The molecule has 3 atom stereocenters. The molecule has 0 amide bonds. The normalized spacial score (nSPS) is 23.1. The number of rotatable bonds is 6. The number of nitrogens with one attached hydrogen (secondary N) is 2. The van der Waals surface area contributed by atoms with Crippen LogP contribution in [-0.4, -0.2) is 44.5 Å². The lowest BCUT2D eigenvalue weighted by molar-refractivity contribution is 0.146. The summed E-state index contributed by atoms with van der Waals surface area (Å²) in [5, 5.41) is 16.4. The zero-order valence-electron chi connectivity index (χ0n) is 12.1. The van der Waals surface area contributed by atoms with Gasteiger partial charge in [0, 0.05) is 32.1 Å². The fourth-order valence-corrected chi connectivity index (χ4v) is 2.46. The van der Waals surface area contributed by atoms with Crippen LogP contribution in [0.15, 0.2) is 24.3 Å². The van der Waals surface area contributed by atoms with Crippen LogP contribution in [0, 0.1) is 5.92 Å². The SMILES string of the molecule is COc1ccc(C(C)CNCC2CNCC2O)cc1.Cl. The van der Waals surface area contributed by atoms with E-state index in [4.69, 9.17) is 4.74 Å². The molecule has 1 fully saturated rings. The zero-order valence-corrected chi connectivity index (χ0v) is 13.0. The molecule has 0 aliphatic carbocycles. The molecule has 4 nitrogen and oxygen atoms in total. The Hall–Kier alpha value is -0.810. The lowest BCUT2D eigenvalue weighted by Gasteiger charge is -2.17. The molecule has 2 rings (SSSR count). The smallest absolute Gasteiger partial charge is 0.118 e. The van der Waals surface area contributed by atoms with Gasteiger partial charge in [0.05, 0.1) is 13.2 Å². The van der Waals surface area contributed by atoms with E-state index in [1.54, 1.807) is 7.11 Å². The number of β-amino-alcohol motifs (C(OH)–C–C–N with tert-alkyl or cyclic N) is 1. The monoisotopic (exact) mass is 300 g/mol. The van der Waals surface area contributed by atoms with Crippen LogP contribution in [0.4, 0.5) is 0 Å². The molecule has 0 saturated carbocycles. The first-order chi connectivity index (χ1) is 9.20. The number of methoxy groups -OCH3 is 1. The molecular formula is C15H25ClN2O2. The van der Waals surface area contributed by atoms with E-state index in [1.807, 2.05) is 12.1 Å². The third-order valence-corrected chi connectivity index (χ3v) is 3.85. The maximum absolute atomic E-state index is 9.71. The molecule has 1 aromatic rings. The molecule has 0 aromatic heterocycles. The Balaban J connectivity index is 0.00000200. The molecule has 0 bridgehead atoms. The molecule has 3 N–H and O–H groups in total. The van der Waals surface area contributed by atoms with Crippen LogP contribution >= 0.6 is 12.4 Å². The number of benzene rings is 1. The van der Waals surface area contributed by atoms with E-state index in [0.717, 1.165) is 31.9 Å². The van der Waals surface area contributed by atoms with Crippen molar-refractivity contribution in [3.8, 4) is 5.75 Å². The minimum absolute atomic E-state index is 0. The van der Waals surface area contributed by atoms with Gasteiger partial charge in [-0.15, -0.1) is 12.4 Å². The van der Waals surface area contributed by atoms with Gasteiger partial charge in [-0.05, 0) is 23.6 Å². The predicted molar refractivity (Wildman–Crippen MR) is 83.9 cm³/mol. The van der Waals surface area contributed by atoms with E-state index in [9.17, 15) is 5.11 Å². The van der Waals surface area contributed by atoms with Gasteiger partial charge in [0.15, 0.2) is 0 Å². The Morgan fingerprint density at radius 1 is 1.35 bits per heavy atom. The van der Waals surface area contributed by atoms with E-state index in [-0.39, 0.29) is 18.5 Å². The highest BCUT2D eigenvalue weighted by atomic mass is 35.5. The predicted octanol–water partition coefficient (Wildman–Crippen LogP) is 1.39. The molecule has 0 spiro atoms. The fraction of sp³-hybridized carbons (Fsp3) is 0.600. The molecule has 20 heavy (non-hydrogen) atoms. The summed E-state index contributed by atoms with van der Waals surface area (Å²) in [7, 11) is 1.68. The summed E-state index contributed by atoms with van der Waals surface area (Å²) in [5.41, 5.74) is 1.30. The molecule has 1 aromatic carbocycles. The number of hydrogen-bond acceptors (Lipinski definition) is 4. The molecular weight excluding hydrogens is 276 g/mol. The van der Waals surface area contributed by atoms with E-state index in [2.05, 4.69) is 29.7 Å². The van der Waals surface area contributed by atoms with Crippen LogP contribution in [0.1, 0.15) is 18.4 Å². The first kappa shape index (κ1) is 17.2. The van der Waals surface area contributed by atoms with Crippen molar-refractivity contribution in [3.05, 3.63) is 29.8 Å². The van der Waals surface area contributed by atoms with Crippen molar-refractivity contribution in [3.63, 3.8) is 0 Å². The van der Waals surface area contributed by atoms with Gasteiger partial charge in [-0.2, -0.15) is 0 Å². The standard InChI is InChI=1S/C15H24N2O2.ClH/c1-11(12-3-5-14(19-2)6-4-12)7-16-8-13-9-17-10-15(13)18;/h3-6,11,13,15-18H,7-10H2,1-2H3;1H. The van der Waals surface area contributed by atoms with Crippen LogP contribution in [0.3, 0.4) is 0 Å². The molecule has 1 saturated heterocycles. The second-order valence-corrected chi connectivity index (χ2v) is 5.32. The summed E-state index contributed by atoms with van der Waals surface area (Å²) >= 11 is 0. The summed E-state index contributed by atoms with van der Waals surface area (Å²) in [6.45, 7) is 5.63. The largest absolute Gasteiger partial charge is 0.497 e. The summed E-state index contributed by atoms with van der Waals surface area (Å²) in [5.74, 6) is 1.68. The van der Waals surface area contributed by atoms with E-state index in [1.165, 1.54) is 5.56 Å². The average Bonchev–Trinajstić information content (AvgIpc) is 2.84. The van der Waals surface area contributed by atoms with Gasteiger partial charge in [0.1, 0.15) is 5.75 Å². The van der Waals surface area contributed by atoms with Crippen molar-refractivity contribution in [2.24, 2.45) is 5.92 Å². The number of halogens is 1. The van der Waals surface area contributed by atoms with Crippen LogP contribution < -0.4 is 15.4 Å². The van der Waals surface area contributed by atoms with Crippen molar-refractivity contribution in [1.29, 1.82) is 0 Å². The lowest BCUT2D eigenvalue weighted by atomic mass is 10.0. The molecule has 114 valence electrons. The first-order valence-electron chi connectivity index (χ1n) is 6.94. The van der Waals surface area contributed by atoms with Gasteiger partial charge in [0.25, 0.3) is 0 Å². The van der Waals surface area contributed by atoms with Crippen molar-refractivity contribution < 1.29 is 9.84 Å². The Bertz CT molecular complexity index is 386. The summed E-state index contributed by atoms with van der Waals surface area (Å²) in [4.78, 5) is 0. The van der Waals surface area contributed by atoms with Gasteiger partial charge in [-0.3, -0.25) is 0 Å². The van der Waals surface area contributed by atoms with Crippen molar-refractivity contribution in [2.75, 3.05) is 33.3 Å². The quantitative estimate of drug-likeness (QED) is 0.743. The van der Waals surface area contributed by atoms with Gasteiger partial charge < -0.3 is 20.5 Å². The first-order valence-corrected chi connectivity index (χ1v) is 6.94. The van der Waals surface area contributed by atoms with Crippen LogP contribution in [0.5, 0.6) is 5.75 Å². The second-order valence-electron chi connectivity index (χ2n) is 5.32. The minimum Gasteiger partial charge on any atom is -0.497 e. The number of hydrogen-bond donors (Lipinski definition) is 3. The summed E-state index contributed by atoms with van der Waals surface area (Å²) in [6.07, 6.45) is -0.205. The van der Waals surface area contributed by atoms with Crippen molar-refractivity contribution >= 4 is 12.4 Å². The lowest BCUT2D eigenvalue weighted by Crippen LogP contribution is -2.32. The minimum atomic E-state index is -0.205. The van der Waals surface area contributed by atoms with Gasteiger partial charge >= 0.3 is 0 Å². The third kappa shape index (κ3) is 4.63. The molecule has 1 heterocycles. The number of aliphatic hydroxyl groups is 1. The number of aliphatic hydroxyl groups excluding tert-OH is 1. The Kier molecular flexibility index (Phi) is 7.30. The van der Waals surface area contributed by atoms with Crippen LogP contribution in [0.25, 0.3) is 0 Å². The molecule has 1 aliphatic rings. The summed E-state index contributed by atoms with van der Waals surface area (Å²) < 4.78 is 5.16. The van der Waals surface area contributed by atoms with Gasteiger partial charge in [0.2, 0.25) is 0 Å². The fourth-order valence-electron chi connectivity index (χ4n) is 2.46. The Labute approximate surface area is 127 Å². The zero-order chi connectivity index (χ0) is 13.7. The topological polar surface area (TPSA) is 53.5 Å². The summed E-state index contributed by atoms with van der Waals surface area (Å²) in [6, 6.07) is 8.21. The second kappa shape index (κ2) is 8.47. The highest BCUT2D eigenvalue weighted by Crippen LogP contribution is 2.18. The number of ether oxygens (including phenoxy) is 1. The van der Waals surface area contributed by atoms with Gasteiger partial charge in [-0.25, -0.2) is 0 Å². The average molecular weight is 301 g/mol. The maximum Gasteiger partial charge on any atom is 0.118 e. The van der Waals surface area contributed by atoms with Crippen molar-refractivity contribution in [2.45, 2.75) is 18.9 Å². The highest BCUT2D eigenvalue weighted by molar-refractivity contribution is 5.85. The maximum atomic E-state index is 9.71. The molecule has 5 heteroatoms. The van der Waals surface area contributed by atoms with E-state index >= 15 is 0 Å². The third-order valence-electron chi connectivity index (χ3n) is 3.85. The van der Waals surface area contributed by atoms with Crippen LogP contribution in [0.2, 0.25) is 0 Å². The molecule has 1 aliphatic heterocycles. The molecule has 3 unspecified atom stereocenters. The van der Waals surface area contributed by atoms with E-state index in [0.29, 0.717) is 11.8 Å². The molecule has 0 radical (unpaired) electrons. The van der Waals surface area contributed by atoms with Crippen LogP contribution in [-0.2, 0) is 0 Å². The Morgan fingerprint density at radius 3 is 2.60 bits per heavy atom. The van der Waals surface area contributed by atoms with Crippen molar-refractivity contribution in [1.82, 2.24) is 10.6 Å².